The summed E-state index contributed by atoms with van der Waals surface area (Å²) in [6.45, 7) is 12.3. The molecule has 3 aliphatic heterocycles. The average Bonchev–Trinajstić information content (AvgIpc) is 3.21. The maximum absolute atomic E-state index is 13.0. The monoisotopic (exact) mass is 402 g/mol. The molecule has 29 heavy (non-hydrogen) atoms. The van der Waals surface area contributed by atoms with Crippen LogP contribution in [0.5, 0.6) is 0 Å². The number of carbonyl (C=O) groups excluding carboxylic acids is 1. The lowest BCUT2D eigenvalue weighted by Crippen LogP contribution is -2.56. The summed E-state index contributed by atoms with van der Waals surface area (Å²) in [7, 11) is 0. The van der Waals surface area contributed by atoms with Crippen LogP contribution in [-0.2, 0) is 9.47 Å². The molecule has 3 aliphatic rings. The second-order valence-electron chi connectivity index (χ2n) is 8.64. The lowest BCUT2D eigenvalue weighted by atomic mass is 10.0. The van der Waals surface area contributed by atoms with Crippen molar-refractivity contribution in [2.24, 2.45) is 0 Å². The van der Waals surface area contributed by atoms with E-state index in [0.717, 1.165) is 57.8 Å². The fraction of sp³-hybridized carbons (Fsp3) is 0.727. The summed E-state index contributed by atoms with van der Waals surface area (Å²) in [5, 5.41) is 0. The van der Waals surface area contributed by atoms with Crippen molar-refractivity contribution >= 4 is 11.7 Å². The number of aromatic nitrogens is 1. The van der Waals surface area contributed by atoms with Crippen molar-refractivity contribution in [2.45, 2.75) is 57.9 Å². The SMILES string of the molecule is CCC1CN(C(=O)c2ccc(N3CCC4(CC3)OCCO4)nc2)CCN1C(C)C. The lowest BCUT2D eigenvalue weighted by Gasteiger charge is -2.43. The van der Waals surface area contributed by atoms with Gasteiger partial charge < -0.3 is 19.3 Å². The molecule has 1 aromatic rings. The highest BCUT2D eigenvalue weighted by atomic mass is 16.7. The molecule has 0 saturated carbocycles. The first-order valence-electron chi connectivity index (χ1n) is 11.1. The molecule has 0 aliphatic carbocycles. The predicted octanol–water partition coefficient (Wildman–Crippen LogP) is 2.37. The van der Waals surface area contributed by atoms with Gasteiger partial charge in [-0.25, -0.2) is 4.98 Å². The number of carbonyl (C=O) groups is 1. The van der Waals surface area contributed by atoms with Gasteiger partial charge in [-0.15, -0.1) is 0 Å². The minimum Gasteiger partial charge on any atom is -0.356 e. The fourth-order valence-corrected chi connectivity index (χ4v) is 4.84. The first-order chi connectivity index (χ1) is 14.0. The molecule has 4 heterocycles. The highest BCUT2D eigenvalue weighted by molar-refractivity contribution is 5.94. The van der Waals surface area contributed by atoms with E-state index in [1.54, 1.807) is 6.20 Å². The third-order valence-electron chi connectivity index (χ3n) is 6.61. The molecular formula is C22H34N4O3. The second kappa shape index (κ2) is 8.58. The van der Waals surface area contributed by atoms with E-state index in [-0.39, 0.29) is 11.7 Å². The van der Waals surface area contributed by atoms with E-state index in [1.165, 1.54) is 0 Å². The largest absolute Gasteiger partial charge is 0.356 e. The first kappa shape index (κ1) is 20.6. The van der Waals surface area contributed by atoms with Gasteiger partial charge >= 0.3 is 0 Å². The summed E-state index contributed by atoms with van der Waals surface area (Å²) >= 11 is 0. The van der Waals surface area contributed by atoms with Crippen LogP contribution in [0.2, 0.25) is 0 Å². The third-order valence-corrected chi connectivity index (χ3v) is 6.61. The number of nitrogens with zero attached hydrogens (tertiary/aromatic N) is 4. The van der Waals surface area contributed by atoms with Gasteiger partial charge in [-0.1, -0.05) is 6.92 Å². The Morgan fingerprint density at radius 2 is 1.90 bits per heavy atom. The number of amides is 1. The minimum absolute atomic E-state index is 0.0938. The van der Waals surface area contributed by atoms with Gasteiger partial charge in [-0.05, 0) is 32.4 Å². The molecule has 160 valence electrons. The Balaban J connectivity index is 1.36. The fourth-order valence-electron chi connectivity index (χ4n) is 4.84. The average molecular weight is 403 g/mol. The van der Waals surface area contributed by atoms with E-state index in [4.69, 9.17) is 9.47 Å². The summed E-state index contributed by atoms with van der Waals surface area (Å²) in [4.78, 5) is 24.4. The number of pyridine rings is 1. The molecule has 1 spiro atoms. The van der Waals surface area contributed by atoms with Crippen molar-refractivity contribution in [1.29, 1.82) is 0 Å². The molecule has 0 bridgehead atoms. The van der Waals surface area contributed by atoms with Crippen LogP contribution in [0.4, 0.5) is 5.82 Å². The van der Waals surface area contributed by atoms with Crippen molar-refractivity contribution in [3.63, 3.8) is 0 Å². The zero-order chi connectivity index (χ0) is 20.4. The summed E-state index contributed by atoms with van der Waals surface area (Å²) in [6, 6.07) is 4.85. The highest BCUT2D eigenvalue weighted by Gasteiger charge is 2.40. The van der Waals surface area contributed by atoms with E-state index < -0.39 is 0 Å². The number of hydrogen-bond acceptors (Lipinski definition) is 6. The topological polar surface area (TPSA) is 58.1 Å². The molecular weight excluding hydrogens is 368 g/mol. The maximum Gasteiger partial charge on any atom is 0.255 e. The number of ether oxygens (including phenoxy) is 2. The van der Waals surface area contributed by atoms with Crippen LogP contribution in [0.25, 0.3) is 0 Å². The van der Waals surface area contributed by atoms with Crippen molar-refractivity contribution in [3.8, 4) is 0 Å². The summed E-state index contributed by atoms with van der Waals surface area (Å²) in [5.41, 5.74) is 0.678. The van der Waals surface area contributed by atoms with Gasteiger partial charge in [0.05, 0.1) is 18.8 Å². The van der Waals surface area contributed by atoms with Crippen LogP contribution in [0.15, 0.2) is 18.3 Å². The van der Waals surface area contributed by atoms with E-state index in [2.05, 4.69) is 35.6 Å². The molecule has 0 radical (unpaired) electrons. The van der Waals surface area contributed by atoms with E-state index >= 15 is 0 Å². The second-order valence-corrected chi connectivity index (χ2v) is 8.64. The van der Waals surface area contributed by atoms with Crippen LogP contribution >= 0.6 is 0 Å². The van der Waals surface area contributed by atoms with Crippen LogP contribution in [-0.4, -0.2) is 84.5 Å². The Labute approximate surface area is 174 Å². The van der Waals surface area contributed by atoms with Gasteiger partial charge in [-0.3, -0.25) is 9.69 Å². The number of piperazine rings is 1. The zero-order valence-corrected chi connectivity index (χ0v) is 18.0. The Bertz CT molecular complexity index is 693. The molecule has 7 nitrogen and oxygen atoms in total. The minimum atomic E-state index is -0.375. The van der Waals surface area contributed by atoms with E-state index in [9.17, 15) is 4.79 Å². The van der Waals surface area contributed by atoms with Crippen molar-refractivity contribution in [2.75, 3.05) is 50.8 Å². The predicted molar refractivity (Wildman–Crippen MR) is 112 cm³/mol. The Kier molecular flexibility index (Phi) is 6.08. The highest BCUT2D eigenvalue weighted by Crippen LogP contribution is 2.32. The number of rotatable bonds is 4. The molecule has 4 rings (SSSR count). The van der Waals surface area contributed by atoms with Gasteiger partial charge in [0, 0.05) is 63.8 Å². The molecule has 3 saturated heterocycles. The Hall–Kier alpha value is -1.70. The zero-order valence-electron chi connectivity index (χ0n) is 18.0. The van der Waals surface area contributed by atoms with Crippen LogP contribution in [0.1, 0.15) is 50.4 Å². The van der Waals surface area contributed by atoms with Crippen molar-refractivity contribution in [3.05, 3.63) is 23.9 Å². The smallest absolute Gasteiger partial charge is 0.255 e. The third kappa shape index (κ3) is 4.27. The molecule has 1 atom stereocenters. The molecule has 0 N–H and O–H groups in total. The number of hydrogen-bond donors (Lipinski definition) is 0. The van der Waals surface area contributed by atoms with Gasteiger partial charge in [0.25, 0.3) is 5.91 Å². The molecule has 3 fully saturated rings. The van der Waals surface area contributed by atoms with Crippen LogP contribution in [0.3, 0.4) is 0 Å². The van der Waals surface area contributed by atoms with Gasteiger partial charge in [0.2, 0.25) is 0 Å². The van der Waals surface area contributed by atoms with Crippen LogP contribution in [0, 0.1) is 0 Å². The Morgan fingerprint density at radius 3 is 2.48 bits per heavy atom. The molecule has 0 aromatic carbocycles. The lowest BCUT2D eigenvalue weighted by molar-refractivity contribution is -0.169. The number of piperidine rings is 1. The van der Waals surface area contributed by atoms with E-state index in [1.807, 2.05) is 17.0 Å². The van der Waals surface area contributed by atoms with Gasteiger partial charge in [0.15, 0.2) is 5.79 Å². The maximum atomic E-state index is 13.0. The van der Waals surface area contributed by atoms with Gasteiger partial charge in [0.1, 0.15) is 5.82 Å². The molecule has 1 aromatic heterocycles. The van der Waals surface area contributed by atoms with Crippen molar-refractivity contribution in [1.82, 2.24) is 14.8 Å². The van der Waals surface area contributed by atoms with Crippen molar-refractivity contribution < 1.29 is 14.3 Å². The Morgan fingerprint density at radius 1 is 1.17 bits per heavy atom. The summed E-state index contributed by atoms with van der Waals surface area (Å²) in [6.07, 6.45) is 4.51. The summed E-state index contributed by atoms with van der Waals surface area (Å²) < 4.78 is 11.6. The molecule has 1 amide bonds. The van der Waals surface area contributed by atoms with Gasteiger partial charge in [-0.2, -0.15) is 0 Å². The van der Waals surface area contributed by atoms with Crippen LogP contribution < -0.4 is 4.90 Å². The molecule has 7 heteroatoms. The first-order valence-corrected chi connectivity index (χ1v) is 11.1. The normalized spacial score (nSPS) is 25.2. The molecule has 1 unspecified atom stereocenters. The number of anilines is 1. The quantitative estimate of drug-likeness (QED) is 0.771. The summed E-state index contributed by atoms with van der Waals surface area (Å²) in [5.74, 6) is 0.641. The van der Waals surface area contributed by atoms with E-state index in [0.29, 0.717) is 30.9 Å². The standard InChI is InChI=1S/C22H34N4O3/c1-4-19-16-25(11-12-26(19)17(2)3)21(27)18-5-6-20(23-15-18)24-9-7-22(8-10-24)28-13-14-29-22/h5-6,15,17,19H,4,7-14,16H2,1-3H3.